The van der Waals surface area contributed by atoms with Gasteiger partial charge in [-0.05, 0) is 58.0 Å². The molecule has 0 fully saturated rings. The molecule has 6 heteroatoms. The van der Waals surface area contributed by atoms with Gasteiger partial charge in [-0.25, -0.2) is 0 Å². The first-order valence-corrected chi connectivity index (χ1v) is 9.05. The molecule has 0 heterocycles. The predicted molar refractivity (Wildman–Crippen MR) is 108 cm³/mol. The Kier molecular flexibility index (Phi) is 7.23. The minimum absolute atomic E-state index is 0.0651. The second-order valence-corrected chi connectivity index (χ2v) is 6.81. The highest BCUT2D eigenvalue weighted by atomic mass is 16.5. The number of carbonyl (C=O) groups excluding carboxylic acids is 2. The van der Waals surface area contributed by atoms with Crippen molar-refractivity contribution in [2.75, 3.05) is 17.2 Å². The van der Waals surface area contributed by atoms with Crippen molar-refractivity contribution in [3.63, 3.8) is 0 Å². The molecule has 0 saturated carbocycles. The predicted octanol–water partition coefficient (Wildman–Crippen LogP) is 3.66. The molecule has 2 aromatic rings. The van der Waals surface area contributed by atoms with E-state index in [2.05, 4.69) is 16.0 Å². The van der Waals surface area contributed by atoms with Gasteiger partial charge >= 0.3 is 0 Å². The summed E-state index contributed by atoms with van der Waals surface area (Å²) in [7, 11) is 0. The van der Waals surface area contributed by atoms with E-state index in [1.807, 2.05) is 52.0 Å². The lowest BCUT2D eigenvalue weighted by Crippen LogP contribution is -2.30. The van der Waals surface area contributed by atoms with Crippen LogP contribution < -0.4 is 20.7 Å². The summed E-state index contributed by atoms with van der Waals surface area (Å²) in [5.41, 5.74) is 1.93. The number of rotatable bonds is 8. The highest BCUT2D eigenvalue weighted by molar-refractivity contribution is 5.96. The number of benzene rings is 2. The lowest BCUT2D eigenvalue weighted by molar-refractivity contribution is -0.114. The highest BCUT2D eigenvalue weighted by Crippen LogP contribution is 2.18. The number of anilines is 2. The summed E-state index contributed by atoms with van der Waals surface area (Å²) in [5.74, 6) is 0.383. The number of nitrogens with one attached hydrogen (secondary N) is 3. The average Bonchev–Trinajstić information content (AvgIpc) is 2.59. The van der Waals surface area contributed by atoms with E-state index in [0.717, 1.165) is 0 Å². The Labute approximate surface area is 160 Å². The standard InChI is InChI=1S/C21H27N3O3/c1-14(2)23-21(26)16-7-5-8-17(11-16)22-13-20(25)24-18-9-6-10-19(12-18)27-15(3)4/h5-12,14-15,22H,13H2,1-4H3,(H,23,26)(H,24,25). The summed E-state index contributed by atoms with van der Waals surface area (Å²) in [6.45, 7) is 7.80. The van der Waals surface area contributed by atoms with E-state index in [4.69, 9.17) is 4.74 Å². The molecule has 6 nitrogen and oxygen atoms in total. The zero-order valence-corrected chi connectivity index (χ0v) is 16.2. The van der Waals surface area contributed by atoms with E-state index < -0.39 is 0 Å². The summed E-state index contributed by atoms with van der Waals surface area (Å²) in [5, 5.41) is 8.71. The van der Waals surface area contributed by atoms with Crippen molar-refractivity contribution in [1.29, 1.82) is 0 Å². The normalized spacial score (nSPS) is 10.6. The third kappa shape index (κ3) is 7.01. The Morgan fingerprint density at radius 1 is 0.963 bits per heavy atom. The molecule has 0 unspecified atom stereocenters. The van der Waals surface area contributed by atoms with Crippen molar-refractivity contribution in [2.24, 2.45) is 0 Å². The molecule has 0 aromatic heterocycles. The SMILES string of the molecule is CC(C)NC(=O)c1cccc(NCC(=O)Nc2cccc(OC(C)C)c2)c1. The fourth-order valence-electron chi connectivity index (χ4n) is 2.42. The van der Waals surface area contributed by atoms with Gasteiger partial charge in [-0.15, -0.1) is 0 Å². The van der Waals surface area contributed by atoms with Crippen molar-refractivity contribution in [3.8, 4) is 5.75 Å². The Morgan fingerprint density at radius 3 is 2.37 bits per heavy atom. The van der Waals surface area contributed by atoms with Crippen LogP contribution in [-0.2, 0) is 4.79 Å². The third-order valence-electron chi connectivity index (χ3n) is 3.49. The second kappa shape index (κ2) is 9.62. The Morgan fingerprint density at radius 2 is 1.67 bits per heavy atom. The van der Waals surface area contributed by atoms with Crippen LogP contribution in [-0.4, -0.2) is 30.5 Å². The van der Waals surface area contributed by atoms with Crippen LogP contribution in [0.15, 0.2) is 48.5 Å². The molecule has 2 rings (SSSR count). The smallest absolute Gasteiger partial charge is 0.251 e. The summed E-state index contributed by atoms with van der Waals surface area (Å²) in [6.07, 6.45) is 0.0674. The van der Waals surface area contributed by atoms with Gasteiger partial charge in [-0.1, -0.05) is 12.1 Å². The van der Waals surface area contributed by atoms with Crippen LogP contribution in [0.2, 0.25) is 0 Å². The maximum atomic E-state index is 12.2. The number of hydrogen-bond donors (Lipinski definition) is 3. The van der Waals surface area contributed by atoms with Gasteiger partial charge in [0.05, 0.1) is 12.6 Å². The molecule has 0 atom stereocenters. The van der Waals surface area contributed by atoms with Gasteiger partial charge in [0.15, 0.2) is 0 Å². The van der Waals surface area contributed by atoms with Gasteiger partial charge in [-0.2, -0.15) is 0 Å². The zero-order valence-electron chi connectivity index (χ0n) is 16.2. The Balaban J connectivity index is 1.91. The van der Waals surface area contributed by atoms with E-state index in [1.54, 1.807) is 24.3 Å². The monoisotopic (exact) mass is 369 g/mol. The molecule has 0 radical (unpaired) electrons. The molecule has 0 bridgehead atoms. The molecular formula is C21H27N3O3. The Hall–Kier alpha value is -3.02. The molecule has 3 N–H and O–H groups in total. The fraction of sp³-hybridized carbons (Fsp3) is 0.333. The Bertz CT molecular complexity index is 788. The minimum Gasteiger partial charge on any atom is -0.491 e. The van der Waals surface area contributed by atoms with E-state index in [-0.39, 0.29) is 30.5 Å². The largest absolute Gasteiger partial charge is 0.491 e. The maximum absolute atomic E-state index is 12.2. The summed E-state index contributed by atoms with van der Waals surface area (Å²) in [6, 6.07) is 14.4. The highest BCUT2D eigenvalue weighted by Gasteiger charge is 2.08. The number of ether oxygens (including phenoxy) is 1. The maximum Gasteiger partial charge on any atom is 0.251 e. The molecule has 2 amide bonds. The molecule has 2 aromatic carbocycles. The molecule has 0 aliphatic heterocycles. The first-order chi connectivity index (χ1) is 12.8. The van der Waals surface area contributed by atoms with Crippen molar-refractivity contribution in [2.45, 2.75) is 39.8 Å². The molecule has 0 aliphatic carbocycles. The minimum atomic E-state index is -0.186. The molecule has 144 valence electrons. The molecule has 0 aliphatic rings. The second-order valence-electron chi connectivity index (χ2n) is 6.81. The van der Waals surface area contributed by atoms with Gasteiger partial charge in [-0.3, -0.25) is 9.59 Å². The van der Waals surface area contributed by atoms with Gasteiger partial charge in [0.1, 0.15) is 5.75 Å². The van der Waals surface area contributed by atoms with E-state index >= 15 is 0 Å². The van der Waals surface area contributed by atoms with Crippen molar-refractivity contribution in [1.82, 2.24) is 5.32 Å². The van der Waals surface area contributed by atoms with Crippen LogP contribution >= 0.6 is 0 Å². The molecule has 0 spiro atoms. The summed E-state index contributed by atoms with van der Waals surface area (Å²) in [4.78, 5) is 24.3. The van der Waals surface area contributed by atoms with E-state index in [9.17, 15) is 9.59 Å². The van der Waals surface area contributed by atoms with Crippen LogP contribution in [0.1, 0.15) is 38.1 Å². The zero-order chi connectivity index (χ0) is 19.8. The van der Waals surface area contributed by atoms with Crippen LogP contribution in [0.4, 0.5) is 11.4 Å². The topological polar surface area (TPSA) is 79.5 Å². The van der Waals surface area contributed by atoms with Gasteiger partial charge in [0.25, 0.3) is 5.91 Å². The average molecular weight is 369 g/mol. The first-order valence-electron chi connectivity index (χ1n) is 9.05. The molecule has 27 heavy (non-hydrogen) atoms. The van der Waals surface area contributed by atoms with Crippen LogP contribution in [0, 0.1) is 0 Å². The number of carbonyl (C=O) groups is 2. The number of hydrogen-bond acceptors (Lipinski definition) is 4. The van der Waals surface area contributed by atoms with Gasteiger partial charge in [0, 0.05) is 29.0 Å². The molecule has 0 saturated heterocycles. The van der Waals surface area contributed by atoms with Crippen LogP contribution in [0.5, 0.6) is 5.75 Å². The molecular weight excluding hydrogens is 342 g/mol. The quantitative estimate of drug-likeness (QED) is 0.663. The van der Waals surface area contributed by atoms with E-state index in [0.29, 0.717) is 22.7 Å². The van der Waals surface area contributed by atoms with Crippen molar-refractivity contribution >= 4 is 23.2 Å². The van der Waals surface area contributed by atoms with E-state index in [1.165, 1.54) is 0 Å². The fourth-order valence-corrected chi connectivity index (χ4v) is 2.42. The van der Waals surface area contributed by atoms with Crippen LogP contribution in [0.25, 0.3) is 0 Å². The lowest BCUT2D eigenvalue weighted by atomic mass is 10.1. The summed E-state index contributed by atoms with van der Waals surface area (Å²) >= 11 is 0. The number of amides is 2. The van der Waals surface area contributed by atoms with Gasteiger partial charge in [0.2, 0.25) is 5.91 Å². The van der Waals surface area contributed by atoms with Gasteiger partial charge < -0.3 is 20.7 Å². The van der Waals surface area contributed by atoms with Crippen molar-refractivity contribution < 1.29 is 14.3 Å². The first kappa shape index (κ1) is 20.3. The van der Waals surface area contributed by atoms with Crippen LogP contribution in [0.3, 0.4) is 0 Å². The van der Waals surface area contributed by atoms with Crippen molar-refractivity contribution in [3.05, 3.63) is 54.1 Å². The lowest BCUT2D eigenvalue weighted by Gasteiger charge is -2.12. The third-order valence-corrected chi connectivity index (χ3v) is 3.49. The summed E-state index contributed by atoms with van der Waals surface area (Å²) < 4.78 is 5.62.